The van der Waals surface area contributed by atoms with Crippen molar-refractivity contribution >= 4 is 5.91 Å². The van der Waals surface area contributed by atoms with Gasteiger partial charge in [0.15, 0.2) is 0 Å². The lowest BCUT2D eigenvalue weighted by Crippen LogP contribution is -2.49. The zero-order valence-electron chi connectivity index (χ0n) is 15.0. The molecule has 1 aromatic rings. The van der Waals surface area contributed by atoms with Crippen molar-refractivity contribution in [3.8, 4) is 5.75 Å². The average molecular weight is 334 g/mol. The van der Waals surface area contributed by atoms with Crippen molar-refractivity contribution in [2.24, 2.45) is 0 Å². The molecule has 0 saturated carbocycles. The number of likely N-dealkylation sites (N-methyl/N-ethyl adjacent to an activating group) is 1. The van der Waals surface area contributed by atoms with Crippen LogP contribution in [0.25, 0.3) is 0 Å². The summed E-state index contributed by atoms with van der Waals surface area (Å²) in [4.78, 5) is 14.6. The number of piperidine rings is 1. The van der Waals surface area contributed by atoms with Crippen molar-refractivity contribution in [3.05, 3.63) is 29.8 Å². The van der Waals surface area contributed by atoms with Crippen LogP contribution in [-0.2, 0) is 4.79 Å². The molecule has 2 unspecified atom stereocenters. The van der Waals surface area contributed by atoms with Gasteiger partial charge in [-0.1, -0.05) is 25.5 Å². The summed E-state index contributed by atoms with van der Waals surface area (Å²) >= 11 is 0. The fourth-order valence-corrected chi connectivity index (χ4v) is 3.14. The second-order valence-electron chi connectivity index (χ2n) is 6.64. The summed E-state index contributed by atoms with van der Waals surface area (Å²) in [7, 11) is 0. The third kappa shape index (κ3) is 5.21. The first-order chi connectivity index (χ1) is 11.5. The van der Waals surface area contributed by atoms with Crippen LogP contribution < -0.4 is 10.1 Å². The minimum atomic E-state index is -0.708. The highest BCUT2D eigenvalue weighted by molar-refractivity contribution is 5.81. The topological polar surface area (TPSA) is 61.8 Å². The molecule has 0 spiro atoms. The number of aliphatic hydroxyl groups is 1. The van der Waals surface area contributed by atoms with Crippen LogP contribution in [0.5, 0.6) is 5.75 Å². The molecule has 1 aliphatic rings. The first-order valence-electron chi connectivity index (χ1n) is 8.97. The molecule has 5 heteroatoms. The second-order valence-corrected chi connectivity index (χ2v) is 6.64. The van der Waals surface area contributed by atoms with E-state index < -0.39 is 6.10 Å². The standard InChI is InChI=1S/C19H30N2O3/c1-4-21-12-6-5-7-17(21)19(23)20-13-18(22)15-8-10-16(11-9-15)24-14(2)3/h8-11,14,17-18,22H,4-7,12-13H2,1-3H3,(H,20,23). The number of nitrogens with zero attached hydrogens (tertiary/aromatic N) is 1. The predicted molar refractivity (Wildman–Crippen MR) is 95.1 cm³/mol. The first kappa shape index (κ1) is 18.7. The van der Waals surface area contributed by atoms with E-state index in [1.54, 1.807) is 0 Å². The van der Waals surface area contributed by atoms with Gasteiger partial charge in [0, 0.05) is 6.54 Å². The van der Waals surface area contributed by atoms with Gasteiger partial charge in [0.25, 0.3) is 0 Å². The smallest absolute Gasteiger partial charge is 0.237 e. The summed E-state index contributed by atoms with van der Waals surface area (Å²) in [6.45, 7) is 8.14. The molecule has 1 heterocycles. The van der Waals surface area contributed by atoms with Crippen LogP contribution in [0.3, 0.4) is 0 Å². The van der Waals surface area contributed by atoms with E-state index >= 15 is 0 Å². The summed E-state index contributed by atoms with van der Waals surface area (Å²) in [5, 5.41) is 13.2. The number of hydrogen-bond acceptors (Lipinski definition) is 4. The Morgan fingerprint density at radius 2 is 2.04 bits per heavy atom. The average Bonchev–Trinajstić information content (AvgIpc) is 2.59. The molecular formula is C19H30N2O3. The Labute approximate surface area is 145 Å². The monoisotopic (exact) mass is 334 g/mol. The Bertz CT molecular complexity index is 516. The van der Waals surface area contributed by atoms with Crippen LogP contribution >= 0.6 is 0 Å². The van der Waals surface area contributed by atoms with Crippen LogP contribution in [0.2, 0.25) is 0 Å². The Morgan fingerprint density at radius 1 is 1.33 bits per heavy atom. The van der Waals surface area contributed by atoms with Crippen molar-refractivity contribution < 1.29 is 14.6 Å². The van der Waals surface area contributed by atoms with Gasteiger partial charge in [-0.2, -0.15) is 0 Å². The van der Waals surface area contributed by atoms with Crippen molar-refractivity contribution in [2.75, 3.05) is 19.6 Å². The molecule has 0 bridgehead atoms. The van der Waals surface area contributed by atoms with Gasteiger partial charge in [-0.15, -0.1) is 0 Å². The maximum absolute atomic E-state index is 12.4. The Balaban J connectivity index is 1.85. The zero-order valence-corrected chi connectivity index (χ0v) is 15.0. The molecule has 24 heavy (non-hydrogen) atoms. The van der Waals surface area contributed by atoms with Crippen LogP contribution in [-0.4, -0.2) is 47.7 Å². The van der Waals surface area contributed by atoms with Crippen LogP contribution in [0.15, 0.2) is 24.3 Å². The largest absolute Gasteiger partial charge is 0.491 e. The zero-order chi connectivity index (χ0) is 17.5. The highest BCUT2D eigenvalue weighted by Gasteiger charge is 2.27. The summed E-state index contributed by atoms with van der Waals surface area (Å²) in [6, 6.07) is 7.32. The maximum Gasteiger partial charge on any atom is 0.237 e. The van der Waals surface area contributed by atoms with E-state index in [1.165, 1.54) is 0 Å². The van der Waals surface area contributed by atoms with E-state index in [2.05, 4.69) is 17.1 Å². The Kier molecular flexibility index (Phi) is 7.06. The summed E-state index contributed by atoms with van der Waals surface area (Å²) in [5.74, 6) is 0.807. The number of amides is 1. The van der Waals surface area contributed by atoms with Crippen LogP contribution in [0, 0.1) is 0 Å². The molecule has 0 radical (unpaired) electrons. The predicted octanol–water partition coefficient (Wildman–Crippen LogP) is 2.50. The molecule has 1 fully saturated rings. The molecule has 1 aliphatic heterocycles. The van der Waals surface area contributed by atoms with Gasteiger partial charge in [-0.3, -0.25) is 9.69 Å². The van der Waals surface area contributed by atoms with Gasteiger partial charge in [0.05, 0.1) is 18.2 Å². The van der Waals surface area contributed by atoms with Gasteiger partial charge in [-0.05, 0) is 57.5 Å². The summed E-state index contributed by atoms with van der Waals surface area (Å²) in [6.07, 6.45) is 2.56. The van der Waals surface area contributed by atoms with Gasteiger partial charge in [-0.25, -0.2) is 0 Å². The SMILES string of the molecule is CCN1CCCCC1C(=O)NCC(O)c1ccc(OC(C)C)cc1. The molecular weight excluding hydrogens is 304 g/mol. The molecule has 2 N–H and O–H groups in total. The van der Waals surface area contributed by atoms with Crippen molar-refractivity contribution in [1.29, 1.82) is 0 Å². The molecule has 2 rings (SSSR count). The van der Waals surface area contributed by atoms with Crippen molar-refractivity contribution in [3.63, 3.8) is 0 Å². The van der Waals surface area contributed by atoms with E-state index in [0.29, 0.717) is 0 Å². The van der Waals surface area contributed by atoms with Crippen molar-refractivity contribution in [2.45, 2.75) is 58.3 Å². The fourth-order valence-electron chi connectivity index (χ4n) is 3.14. The van der Waals surface area contributed by atoms with E-state index in [1.807, 2.05) is 38.1 Å². The number of benzene rings is 1. The van der Waals surface area contributed by atoms with Gasteiger partial charge < -0.3 is 15.2 Å². The van der Waals surface area contributed by atoms with Gasteiger partial charge in [0.2, 0.25) is 5.91 Å². The third-order valence-corrected chi connectivity index (χ3v) is 4.43. The molecule has 1 aromatic carbocycles. The molecule has 134 valence electrons. The number of nitrogens with one attached hydrogen (secondary N) is 1. The lowest BCUT2D eigenvalue weighted by atomic mass is 10.0. The van der Waals surface area contributed by atoms with Crippen LogP contribution in [0.1, 0.15) is 51.7 Å². The van der Waals surface area contributed by atoms with Crippen LogP contribution in [0.4, 0.5) is 0 Å². The lowest BCUT2D eigenvalue weighted by Gasteiger charge is -2.33. The fraction of sp³-hybridized carbons (Fsp3) is 0.632. The summed E-state index contributed by atoms with van der Waals surface area (Å²) < 4.78 is 5.59. The molecule has 1 amide bonds. The van der Waals surface area contributed by atoms with E-state index in [4.69, 9.17) is 4.74 Å². The normalized spacial score (nSPS) is 20.0. The van der Waals surface area contributed by atoms with Crippen molar-refractivity contribution in [1.82, 2.24) is 10.2 Å². The molecule has 1 saturated heterocycles. The molecule has 0 aliphatic carbocycles. The highest BCUT2D eigenvalue weighted by atomic mass is 16.5. The van der Waals surface area contributed by atoms with Gasteiger partial charge in [0.1, 0.15) is 5.75 Å². The number of carbonyl (C=O) groups is 1. The Morgan fingerprint density at radius 3 is 2.67 bits per heavy atom. The lowest BCUT2D eigenvalue weighted by molar-refractivity contribution is -0.128. The molecule has 5 nitrogen and oxygen atoms in total. The number of ether oxygens (including phenoxy) is 1. The number of rotatable bonds is 7. The molecule has 0 aromatic heterocycles. The third-order valence-electron chi connectivity index (χ3n) is 4.43. The highest BCUT2D eigenvalue weighted by Crippen LogP contribution is 2.19. The number of carbonyl (C=O) groups excluding carboxylic acids is 1. The van der Waals surface area contributed by atoms with E-state index in [0.717, 1.165) is 43.7 Å². The number of aliphatic hydroxyl groups excluding tert-OH is 1. The quantitative estimate of drug-likeness (QED) is 0.804. The summed E-state index contributed by atoms with van der Waals surface area (Å²) in [5.41, 5.74) is 0.780. The first-order valence-corrected chi connectivity index (χ1v) is 8.97. The van der Waals surface area contributed by atoms with Gasteiger partial charge >= 0.3 is 0 Å². The number of hydrogen-bond donors (Lipinski definition) is 2. The minimum Gasteiger partial charge on any atom is -0.491 e. The van der Waals surface area contributed by atoms with E-state index in [9.17, 15) is 9.90 Å². The second kappa shape index (κ2) is 9.04. The molecule has 2 atom stereocenters. The number of likely N-dealkylation sites (tertiary alicyclic amines) is 1. The minimum absolute atomic E-state index is 0.0235. The van der Waals surface area contributed by atoms with E-state index in [-0.39, 0.29) is 24.6 Å². The Hall–Kier alpha value is -1.59. The maximum atomic E-state index is 12.4.